The lowest BCUT2D eigenvalue weighted by Gasteiger charge is -2.39. The quantitative estimate of drug-likeness (QED) is 0.362. The maximum atomic E-state index is 12.2. The van der Waals surface area contributed by atoms with Crippen LogP contribution < -0.4 is 22.3 Å². The van der Waals surface area contributed by atoms with Crippen LogP contribution in [0, 0.1) is 0 Å². The van der Waals surface area contributed by atoms with E-state index >= 15 is 0 Å². The Morgan fingerprint density at radius 2 is 2.10 bits per heavy atom. The Kier molecular flexibility index (Phi) is 4.44. The molecular weight excluding hydrogens is 270 g/mol. The van der Waals surface area contributed by atoms with Gasteiger partial charge in [0.2, 0.25) is 5.91 Å². The monoisotopic (exact) mass is 289 g/mol. The molecule has 2 rings (SSSR count). The topological polar surface area (TPSA) is 113 Å². The first kappa shape index (κ1) is 14.9. The highest BCUT2D eigenvalue weighted by Crippen LogP contribution is 2.24. The number of urea groups is 1. The first-order valence-corrected chi connectivity index (χ1v) is 6.63. The largest absolute Gasteiger partial charge is 0.399 e. The Balaban J connectivity index is 2.02. The van der Waals surface area contributed by atoms with Gasteiger partial charge in [-0.2, -0.15) is 0 Å². The standard InChI is InChI=1S/C14H19N5O2/c1-9(10-5-3-2-4-6-10)18-14(21)19-12(7-13(19)20)11(15)8-17-16/h2-6,8-9,12,17H,7,15-16H2,1H3,(H,18,21)/b11-8-/t9-,12?/m1/s1. The van der Waals surface area contributed by atoms with Crippen LogP contribution in [0.3, 0.4) is 0 Å². The fourth-order valence-corrected chi connectivity index (χ4v) is 2.21. The van der Waals surface area contributed by atoms with Crippen LogP contribution in [0.15, 0.2) is 42.2 Å². The molecule has 1 aliphatic heterocycles. The number of benzene rings is 1. The van der Waals surface area contributed by atoms with Crippen molar-refractivity contribution in [3.8, 4) is 0 Å². The molecule has 0 spiro atoms. The van der Waals surface area contributed by atoms with Gasteiger partial charge in [-0.15, -0.1) is 0 Å². The molecule has 1 aromatic carbocycles. The van der Waals surface area contributed by atoms with Crippen LogP contribution in [-0.4, -0.2) is 22.9 Å². The van der Waals surface area contributed by atoms with Gasteiger partial charge in [0.05, 0.1) is 18.5 Å². The Morgan fingerprint density at radius 1 is 1.43 bits per heavy atom. The average Bonchev–Trinajstić information content (AvgIpc) is 2.45. The summed E-state index contributed by atoms with van der Waals surface area (Å²) in [5.74, 6) is 4.89. The number of β-lactam (4-membered cyclic amide) rings is 1. The minimum Gasteiger partial charge on any atom is -0.399 e. The predicted molar refractivity (Wildman–Crippen MR) is 78.2 cm³/mol. The zero-order valence-electron chi connectivity index (χ0n) is 11.7. The van der Waals surface area contributed by atoms with E-state index in [4.69, 9.17) is 11.6 Å². The molecule has 1 saturated heterocycles. The van der Waals surface area contributed by atoms with Crippen molar-refractivity contribution in [1.82, 2.24) is 15.6 Å². The molecule has 3 amide bonds. The Morgan fingerprint density at radius 3 is 2.67 bits per heavy atom. The maximum absolute atomic E-state index is 12.2. The number of hydrazine groups is 1. The maximum Gasteiger partial charge on any atom is 0.325 e. The lowest BCUT2D eigenvalue weighted by atomic mass is 9.99. The summed E-state index contributed by atoms with van der Waals surface area (Å²) in [4.78, 5) is 25.0. The van der Waals surface area contributed by atoms with Gasteiger partial charge in [0, 0.05) is 11.9 Å². The Hall–Kier alpha value is -2.54. The Labute approximate surface area is 122 Å². The molecule has 0 radical (unpaired) electrons. The van der Waals surface area contributed by atoms with Crippen molar-refractivity contribution >= 4 is 11.9 Å². The summed E-state index contributed by atoms with van der Waals surface area (Å²) >= 11 is 0. The summed E-state index contributed by atoms with van der Waals surface area (Å²) in [6.45, 7) is 1.85. The number of amides is 3. The molecule has 1 aliphatic rings. The van der Waals surface area contributed by atoms with Gasteiger partial charge in [-0.25, -0.2) is 4.79 Å². The molecule has 6 N–H and O–H groups in total. The number of nitrogens with zero attached hydrogens (tertiary/aromatic N) is 1. The van der Waals surface area contributed by atoms with E-state index in [2.05, 4.69) is 10.7 Å². The molecular formula is C14H19N5O2. The highest BCUT2D eigenvalue weighted by Gasteiger charge is 2.42. The van der Waals surface area contributed by atoms with Crippen LogP contribution in [0.1, 0.15) is 24.9 Å². The number of hydrogen-bond donors (Lipinski definition) is 4. The van der Waals surface area contributed by atoms with E-state index in [-0.39, 0.29) is 18.4 Å². The number of likely N-dealkylation sites (tertiary alicyclic amines) is 1. The van der Waals surface area contributed by atoms with E-state index in [0.29, 0.717) is 5.70 Å². The minimum atomic E-state index is -0.457. The van der Waals surface area contributed by atoms with E-state index in [1.807, 2.05) is 37.3 Å². The van der Waals surface area contributed by atoms with Gasteiger partial charge < -0.3 is 16.5 Å². The molecule has 0 bridgehead atoms. The highest BCUT2D eigenvalue weighted by atomic mass is 16.2. The van der Waals surface area contributed by atoms with Crippen molar-refractivity contribution in [3.63, 3.8) is 0 Å². The number of nitrogens with one attached hydrogen (secondary N) is 2. The minimum absolute atomic E-state index is 0.203. The summed E-state index contributed by atoms with van der Waals surface area (Å²) < 4.78 is 0. The summed E-state index contributed by atoms with van der Waals surface area (Å²) in [5, 5.41) is 2.79. The second-order valence-electron chi connectivity index (χ2n) is 4.88. The lowest BCUT2D eigenvalue weighted by Crippen LogP contribution is -2.60. The van der Waals surface area contributed by atoms with Crippen LogP contribution in [0.25, 0.3) is 0 Å². The van der Waals surface area contributed by atoms with Crippen molar-refractivity contribution in [2.45, 2.75) is 25.4 Å². The van der Waals surface area contributed by atoms with E-state index in [1.165, 1.54) is 6.20 Å². The van der Waals surface area contributed by atoms with Gasteiger partial charge in [0.25, 0.3) is 0 Å². The highest BCUT2D eigenvalue weighted by molar-refractivity contribution is 6.00. The van der Waals surface area contributed by atoms with Gasteiger partial charge in [-0.3, -0.25) is 15.5 Å². The van der Waals surface area contributed by atoms with Crippen LogP contribution >= 0.6 is 0 Å². The third kappa shape index (κ3) is 3.14. The van der Waals surface area contributed by atoms with E-state index in [1.54, 1.807) is 0 Å². The van der Waals surface area contributed by atoms with E-state index in [9.17, 15) is 9.59 Å². The van der Waals surface area contributed by atoms with E-state index in [0.717, 1.165) is 10.5 Å². The molecule has 0 aliphatic carbocycles. The molecule has 1 fully saturated rings. The fraction of sp³-hybridized carbons (Fsp3) is 0.286. The number of rotatable bonds is 4. The predicted octanol–water partition coefficient (Wildman–Crippen LogP) is 0.322. The summed E-state index contributed by atoms with van der Waals surface area (Å²) in [6, 6.07) is 8.40. The molecule has 1 aromatic rings. The molecule has 21 heavy (non-hydrogen) atoms. The lowest BCUT2D eigenvalue weighted by molar-refractivity contribution is -0.139. The first-order chi connectivity index (χ1) is 10.0. The first-order valence-electron chi connectivity index (χ1n) is 6.63. The molecule has 1 heterocycles. The number of nitrogens with two attached hydrogens (primary N) is 2. The van der Waals surface area contributed by atoms with Crippen LogP contribution in [-0.2, 0) is 4.79 Å². The van der Waals surface area contributed by atoms with Crippen LogP contribution in [0.2, 0.25) is 0 Å². The number of imide groups is 1. The summed E-state index contributed by atoms with van der Waals surface area (Å²) in [7, 11) is 0. The smallest absolute Gasteiger partial charge is 0.325 e. The Bertz CT molecular complexity index is 558. The zero-order chi connectivity index (χ0) is 15.4. The van der Waals surface area contributed by atoms with Crippen molar-refractivity contribution in [1.29, 1.82) is 0 Å². The molecule has 112 valence electrons. The molecule has 7 heteroatoms. The van der Waals surface area contributed by atoms with Gasteiger partial charge in [0.1, 0.15) is 0 Å². The van der Waals surface area contributed by atoms with Gasteiger partial charge in [-0.1, -0.05) is 30.3 Å². The van der Waals surface area contributed by atoms with Crippen LogP contribution in [0.5, 0.6) is 0 Å². The molecule has 2 atom stereocenters. The van der Waals surface area contributed by atoms with Gasteiger partial charge in [0.15, 0.2) is 0 Å². The molecule has 0 saturated carbocycles. The third-order valence-electron chi connectivity index (χ3n) is 3.44. The normalized spacial score (nSPS) is 19.7. The van der Waals surface area contributed by atoms with E-state index < -0.39 is 12.1 Å². The number of carbonyl (C=O) groups is 2. The third-order valence-corrected chi connectivity index (χ3v) is 3.44. The number of carbonyl (C=O) groups excluding carboxylic acids is 2. The molecule has 0 aromatic heterocycles. The fourth-order valence-electron chi connectivity index (χ4n) is 2.21. The van der Waals surface area contributed by atoms with Crippen molar-refractivity contribution in [2.24, 2.45) is 11.6 Å². The number of hydrogen-bond acceptors (Lipinski definition) is 5. The van der Waals surface area contributed by atoms with Crippen molar-refractivity contribution < 1.29 is 9.59 Å². The molecule has 1 unspecified atom stereocenters. The van der Waals surface area contributed by atoms with Gasteiger partial charge >= 0.3 is 6.03 Å². The summed E-state index contributed by atoms with van der Waals surface area (Å²) in [5.41, 5.74) is 9.37. The molecule has 7 nitrogen and oxygen atoms in total. The van der Waals surface area contributed by atoms with Crippen LogP contribution in [0.4, 0.5) is 4.79 Å². The second kappa shape index (κ2) is 6.27. The van der Waals surface area contributed by atoms with Gasteiger partial charge in [-0.05, 0) is 12.5 Å². The zero-order valence-corrected chi connectivity index (χ0v) is 11.7. The second-order valence-corrected chi connectivity index (χ2v) is 4.88. The summed E-state index contributed by atoms with van der Waals surface area (Å²) in [6.07, 6.45) is 1.58. The average molecular weight is 289 g/mol. The SMILES string of the molecule is C[C@@H](NC(=O)N1C(=O)CC1/C(N)=C/NN)c1ccccc1. The van der Waals surface area contributed by atoms with Crippen molar-refractivity contribution in [3.05, 3.63) is 47.8 Å². The van der Waals surface area contributed by atoms with Crippen molar-refractivity contribution in [2.75, 3.05) is 0 Å².